The molecule has 78 heavy (non-hydrogen) atoms. The summed E-state index contributed by atoms with van der Waals surface area (Å²) < 4.78 is 16.9. The fourth-order valence-electron chi connectivity index (χ4n) is 10.1. The predicted molar refractivity (Wildman–Crippen MR) is 339 cm³/mol. The van der Waals surface area contributed by atoms with Gasteiger partial charge >= 0.3 is 17.9 Å². The molecule has 0 radical (unpaired) electrons. The fourth-order valence-corrected chi connectivity index (χ4v) is 10.1. The number of ether oxygens (including phenoxy) is 3. The van der Waals surface area contributed by atoms with E-state index in [2.05, 4.69) is 81.5 Å². The minimum absolute atomic E-state index is 0.0752. The quantitative estimate of drug-likeness (QED) is 0.0261. The molecule has 0 aromatic heterocycles. The van der Waals surface area contributed by atoms with Gasteiger partial charge in [-0.05, 0) is 89.9 Å². The van der Waals surface area contributed by atoms with Crippen molar-refractivity contribution in [1.82, 2.24) is 0 Å². The van der Waals surface area contributed by atoms with Gasteiger partial charge in [-0.15, -0.1) is 0 Å². The standard InChI is InChI=1S/C72H130O6/c1-4-7-10-13-16-19-22-24-26-28-30-31-32-33-34-35-36-37-38-39-40-41-43-44-46-48-50-53-56-59-62-65-71(74)77-68-69(67-76-70(73)64-61-58-55-52-21-18-15-12-9-6-3)78-72(75)66-63-60-57-54-51-49-47-45-42-29-27-25-23-20-17-14-11-8-5-2/h17,20,22,24-25,27-28,30,42,45,69H,4-16,18-19,21,23,26,29,31-41,43-44,46-68H2,1-3H3/b20-17-,24-22-,27-25-,30-28-,45-42-. The molecule has 454 valence electrons. The second-order valence-corrected chi connectivity index (χ2v) is 23.1. The SMILES string of the molecule is CCCCC/C=C\C/C=C\C/C=C\CCCCCCCCC(=O)OC(COC(=O)CCCCCCCCCCCC)COC(=O)CCCCCCCCCCCCCCCCCCCCC/C=C\C/C=C\CCCCCCC. The smallest absolute Gasteiger partial charge is 0.306 e. The number of allylic oxidation sites excluding steroid dienone is 10. The first-order valence-corrected chi connectivity index (χ1v) is 34.3. The summed E-state index contributed by atoms with van der Waals surface area (Å²) in [4.78, 5) is 38.3. The van der Waals surface area contributed by atoms with E-state index in [9.17, 15) is 14.4 Å². The van der Waals surface area contributed by atoms with Crippen LogP contribution < -0.4 is 0 Å². The lowest BCUT2D eigenvalue weighted by molar-refractivity contribution is -0.167. The minimum Gasteiger partial charge on any atom is -0.462 e. The molecule has 0 aliphatic rings. The molecule has 0 bridgehead atoms. The van der Waals surface area contributed by atoms with Crippen LogP contribution in [0.15, 0.2) is 60.8 Å². The predicted octanol–water partition coefficient (Wildman–Crippen LogP) is 23.5. The lowest BCUT2D eigenvalue weighted by atomic mass is 10.0. The van der Waals surface area contributed by atoms with E-state index in [4.69, 9.17) is 14.2 Å². The van der Waals surface area contributed by atoms with E-state index >= 15 is 0 Å². The first-order chi connectivity index (χ1) is 38.5. The largest absolute Gasteiger partial charge is 0.462 e. The van der Waals surface area contributed by atoms with Crippen molar-refractivity contribution < 1.29 is 28.6 Å². The van der Waals surface area contributed by atoms with Crippen LogP contribution in [0.1, 0.15) is 361 Å². The Morgan fingerprint density at radius 1 is 0.256 bits per heavy atom. The third-order valence-electron chi connectivity index (χ3n) is 15.2. The number of hydrogen-bond donors (Lipinski definition) is 0. The van der Waals surface area contributed by atoms with Crippen molar-refractivity contribution in [2.45, 2.75) is 367 Å². The number of carbonyl (C=O) groups is 3. The van der Waals surface area contributed by atoms with E-state index in [0.29, 0.717) is 19.3 Å². The molecule has 0 amide bonds. The van der Waals surface area contributed by atoms with E-state index in [-0.39, 0.29) is 31.1 Å². The van der Waals surface area contributed by atoms with Gasteiger partial charge in [0.2, 0.25) is 0 Å². The lowest BCUT2D eigenvalue weighted by Gasteiger charge is -2.18. The van der Waals surface area contributed by atoms with Crippen LogP contribution in [0.4, 0.5) is 0 Å². The molecule has 0 heterocycles. The first kappa shape index (κ1) is 75.1. The zero-order valence-electron chi connectivity index (χ0n) is 52.2. The highest BCUT2D eigenvalue weighted by atomic mass is 16.6. The van der Waals surface area contributed by atoms with Gasteiger partial charge in [-0.25, -0.2) is 0 Å². The van der Waals surface area contributed by atoms with Crippen molar-refractivity contribution in [3.63, 3.8) is 0 Å². The van der Waals surface area contributed by atoms with Crippen molar-refractivity contribution in [2.24, 2.45) is 0 Å². The third-order valence-corrected chi connectivity index (χ3v) is 15.2. The molecule has 0 N–H and O–H groups in total. The second-order valence-electron chi connectivity index (χ2n) is 23.1. The van der Waals surface area contributed by atoms with Gasteiger partial charge in [-0.3, -0.25) is 14.4 Å². The molecular formula is C72H130O6. The van der Waals surface area contributed by atoms with Crippen LogP contribution in [-0.4, -0.2) is 37.2 Å². The van der Waals surface area contributed by atoms with Crippen LogP contribution in [0.25, 0.3) is 0 Å². The van der Waals surface area contributed by atoms with E-state index in [0.717, 1.165) is 83.5 Å². The van der Waals surface area contributed by atoms with Crippen LogP contribution >= 0.6 is 0 Å². The zero-order chi connectivity index (χ0) is 56.4. The Hall–Kier alpha value is -2.89. The molecule has 6 nitrogen and oxygen atoms in total. The third kappa shape index (κ3) is 63.9. The lowest BCUT2D eigenvalue weighted by Crippen LogP contribution is -2.30. The van der Waals surface area contributed by atoms with Gasteiger partial charge in [0.15, 0.2) is 6.10 Å². The molecule has 0 aliphatic carbocycles. The highest BCUT2D eigenvalue weighted by molar-refractivity contribution is 5.71. The summed E-state index contributed by atoms with van der Waals surface area (Å²) in [5.41, 5.74) is 0. The van der Waals surface area contributed by atoms with Crippen LogP contribution in [0, 0.1) is 0 Å². The summed E-state index contributed by atoms with van der Waals surface area (Å²) in [6.45, 7) is 6.63. The molecule has 0 aromatic carbocycles. The van der Waals surface area contributed by atoms with Crippen molar-refractivity contribution >= 4 is 17.9 Å². The zero-order valence-corrected chi connectivity index (χ0v) is 52.2. The summed E-state index contributed by atoms with van der Waals surface area (Å²) >= 11 is 0. The van der Waals surface area contributed by atoms with Crippen LogP contribution in [-0.2, 0) is 28.6 Å². The normalized spacial score (nSPS) is 12.4. The molecule has 1 unspecified atom stereocenters. The molecule has 0 saturated heterocycles. The van der Waals surface area contributed by atoms with Crippen LogP contribution in [0.2, 0.25) is 0 Å². The number of esters is 3. The maximum Gasteiger partial charge on any atom is 0.306 e. The highest BCUT2D eigenvalue weighted by Crippen LogP contribution is 2.18. The van der Waals surface area contributed by atoms with Gasteiger partial charge < -0.3 is 14.2 Å². The van der Waals surface area contributed by atoms with Gasteiger partial charge in [0, 0.05) is 19.3 Å². The van der Waals surface area contributed by atoms with Crippen molar-refractivity contribution in [1.29, 1.82) is 0 Å². The number of carbonyl (C=O) groups excluding carboxylic acids is 3. The Balaban J connectivity index is 4.13. The molecule has 1 atom stereocenters. The Kier molecular flexibility index (Phi) is 64.2. The van der Waals surface area contributed by atoms with Crippen molar-refractivity contribution in [2.75, 3.05) is 13.2 Å². The average molecular weight is 1090 g/mol. The van der Waals surface area contributed by atoms with Gasteiger partial charge in [0.25, 0.3) is 0 Å². The number of hydrogen-bond acceptors (Lipinski definition) is 6. The van der Waals surface area contributed by atoms with E-state index < -0.39 is 6.10 Å². The van der Waals surface area contributed by atoms with Gasteiger partial charge in [-0.1, -0.05) is 313 Å². The highest BCUT2D eigenvalue weighted by Gasteiger charge is 2.19. The Morgan fingerprint density at radius 2 is 0.462 bits per heavy atom. The fraction of sp³-hybridized carbons (Fsp3) is 0.819. The van der Waals surface area contributed by atoms with Crippen LogP contribution in [0.5, 0.6) is 0 Å². The van der Waals surface area contributed by atoms with Gasteiger partial charge in [-0.2, -0.15) is 0 Å². The maximum absolute atomic E-state index is 12.9. The molecule has 0 aromatic rings. The summed E-state index contributed by atoms with van der Waals surface area (Å²) in [5.74, 6) is -0.870. The average Bonchev–Trinajstić information content (AvgIpc) is 3.44. The van der Waals surface area contributed by atoms with Crippen LogP contribution in [0.3, 0.4) is 0 Å². The Morgan fingerprint density at radius 3 is 0.744 bits per heavy atom. The van der Waals surface area contributed by atoms with Crippen molar-refractivity contribution in [3.05, 3.63) is 60.8 Å². The number of rotatable bonds is 63. The topological polar surface area (TPSA) is 78.9 Å². The molecule has 0 rings (SSSR count). The first-order valence-electron chi connectivity index (χ1n) is 34.3. The number of unbranched alkanes of at least 4 members (excludes halogenated alkanes) is 42. The van der Waals surface area contributed by atoms with Gasteiger partial charge in [0.1, 0.15) is 13.2 Å². The molecule has 0 fully saturated rings. The molecule has 0 saturated carbocycles. The maximum atomic E-state index is 12.9. The molecular weight excluding hydrogens is 961 g/mol. The second kappa shape index (κ2) is 66.6. The summed E-state index contributed by atoms with van der Waals surface area (Å²) in [7, 11) is 0. The Labute approximate surface area is 485 Å². The van der Waals surface area contributed by atoms with E-state index in [1.54, 1.807) is 0 Å². The Bertz CT molecular complexity index is 1390. The van der Waals surface area contributed by atoms with E-state index in [1.165, 1.54) is 238 Å². The summed E-state index contributed by atoms with van der Waals surface area (Å²) in [6.07, 6.45) is 85.4. The summed E-state index contributed by atoms with van der Waals surface area (Å²) in [6, 6.07) is 0. The molecule has 0 aliphatic heterocycles. The van der Waals surface area contributed by atoms with E-state index in [1.807, 2.05) is 0 Å². The van der Waals surface area contributed by atoms with Crippen molar-refractivity contribution in [3.8, 4) is 0 Å². The minimum atomic E-state index is -0.778. The summed E-state index contributed by atoms with van der Waals surface area (Å²) in [5, 5.41) is 0. The van der Waals surface area contributed by atoms with Gasteiger partial charge in [0.05, 0.1) is 0 Å². The molecule has 0 spiro atoms. The molecule has 6 heteroatoms. The monoisotopic (exact) mass is 1090 g/mol.